The van der Waals surface area contributed by atoms with Gasteiger partial charge in [-0.1, -0.05) is 41.7 Å². The van der Waals surface area contributed by atoms with Gasteiger partial charge in [0.05, 0.1) is 17.9 Å². The summed E-state index contributed by atoms with van der Waals surface area (Å²) in [6.45, 7) is 1.69. The molecule has 0 saturated carbocycles. The van der Waals surface area contributed by atoms with Gasteiger partial charge in [-0.3, -0.25) is 19.6 Å². The third-order valence-corrected chi connectivity index (χ3v) is 6.64. The molecule has 0 aliphatic carbocycles. The zero-order valence-corrected chi connectivity index (χ0v) is 18.0. The quantitative estimate of drug-likeness (QED) is 0.678. The van der Waals surface area contributed by atoms with Gasteiger partial charge in [-0.2, -0.15) is 5.10 Å². The zero-order valence-electron chi connectivity index (χ0n) is 17.2. The van der Waals surface area contributed by atoms with E-state index in [4.69, 9.17) is 4.74 Å². The summed E-state index contributed by atoms with van der Waals surface area (Å²) in [4.78, 5) is 32.9. The number of aromatic nitrogens is 3. The number of nitrogens with one attached hydrogen (secondary N) is 1. The monoisotopic (exact) mass is 437 g/mol. The van der Waals surface area contributed by atoms with Crippen LogP contribution in [0.1, 0.15) is 33.9 Å². The van der Waals surface area contributed by atoms with Crippen LogP contribution in [0.2, 0.25) is 0 Å². The van der Waals surface area contributed by atoms with Crippen LogP contribution in [0.3, 0.4) is 0 Å². The molecule has 2 amide bonds. The second-order valence-electron chi connectivity index (χ2n) is 7.76. The highest BCUT2D eigenvalue weighted by molar-refractivity contribution is 7.15. The molecule has 2 aromatic heterocycles. The Bertz CT molecular complexity index is 1120. The summed E-state index contributed by atoms with van der Waals surface area (Å²) in [5.74, 6) is -0.193. The lowest BCUT2D eigenvalue weighted by atomic mass is 10.1. The van der Waals surface area contributed by atoms with Gasteiger partial charge >= 0.3 is 0 Å². The van der Waals surface area contributed by atoms with Gasteiger partial charge in [-0.25, -0.2) is 4.98 Å². The van der Waals surface area contributed by atoms with Crippen molar-refractivity contribution in [2.75, 3.05) is 18.5 Å². The molecule has 0 spiro atoms. The van der Waals surface area contributed by atoms with Crippen LogP contribution in [-0.2, 0) is 29.5 Å². The summed E-state index contributed by atoms with van der Waals surface area (Å²) < 4.78 is 7.07. The van der Waals surface area contributed by atoms with E-state index in [9.17, 15) is 9.59 Å². The number of fused-ring (bicyclic) bond motifs is 1. The maximum atomic E-state index is 13.2. The first-order chi connectivity index (χ1) is 15.1. The molecule has 9 heteroatoms. The Morgan fingerprint density at radius 3 is 2.87 bits per heavy atom. The van der Waals surface area contributed by atoms with E-state index in [1.807, 2.05) is 41.3 Å². The highest BCUT2D eigenvalue weighted by Crippen LogP contribution is 2.30. The van der Waals surface area contributed by atoms with Crippen molar-refractivity contribution in [3.63, 3.8) is 0 Å². The predicted molar refractivity (Wildman–Crippen MR) is 117 cm³/mol. The molecule has 1 saturated heterocycles. The SMILES string of the molecule is Cn1nc(-c2ccccc2)cc1C(=O)N1CCc2nc(NC(=O)[C@H]3CCCO3)sc2C1. The van der Waals surface area contributed by atoms with E-state index in [-0.39, 0.29) is 17.9 Å². The molecule has 160 valence electrons. The first kappa shape index (κ1) is 19.9. The minimum atomic E-state index is -0.386. The third kappa shape index (κ3) is 3.98. The Hall–Kier alpha value is -3.04. The number of ether oxygens (including phenoxy) is 1. The second kappa shape index (κ2) is 8.24. The number of carbonyl (C=O) groups is 2. The number of anilines is 1. The molecule has 3 aromatic rings. The van der Waals surface area contributed by atoms with Gasteiger partial charge in [-0.15, -0.1) is 0 Å². The Morgan fingerprint density at radius 1 is 1.26 bits per heavy atom. The van der Waals surface area contributed by atoms with Gasteiger partial charge in [0.1, 0.15) is 11.8 Å². The van der Waals surface area contributed by atoms with E-state index in [2.05, 4.69) is 15.4 Å². The van der Waals surface area contributed by atoms with Crippen LogP contribution in [0.25, 0.3) is 11.3 Å². The lowest BCUT2D eigenvalue weighted by Gasteiger charge is -2.25. The van der Waals surface area contributed by atoms with E-state index in [0.717, 1.165) is 34.7 Å². The number of amides is 2. The van der Waals surface area contributed by atoms with E-state index in [1.165, 1.54) is 11.3 Å². The maximum absolute atomic E-state index is 13.2. The van der Waals surface area contributed by atoms with Gasteiger partial charge in [-0.05, 0) is 18.9 Å². The molecule has 5 rings (SSSR count). The summed E-state index contributed by atoms with van der Waals surface area (Å²) in [5.41, 5.74) is 3.26. The molecule has 1 atom stereocenters. The first-order valence-corrected chi connectivity index (χ1v) is 11.2. The van der Waals surface area contributed by atoms with Crippen molar-refractivity contribution < 1.29 is 14.3 Å². The molecule has 31 heavy (non-hydrogen) atoms. The number of hydrogen-bond donors (Lipinski definition) is 1. The van der Waals surface area contributed by atoms with Gasteiger partial charge in [0.25, 0.3) is 11.8 Å². The summed E-state index contributed by atoms with van der Waals surface area (Å²) in [6.07, 6.45) is 1.93. The van der Waals surface area contributed by atoms with Gasteiger partial charge in [0, 0.05) is 37.1 Å². The largest absolute Gasteiger partial charge is 0.368 e. The minimum Gasteiger partial charge on any atom is -0.368 e. The minimum absolute atomic E-state index is 0.0545. The van der Waals surface area contributed by atoms with E-state index in [0.29, 0.717) is 36.9 Å². The molecule has 1 aromatic carbocycles. The summed E-state index contributed by atoms with van der Waals surface area (Å²) in [5, 5.41) is 7.96. The maximum Gasteiger partial charge on any atom is 0.272 e. The average molecular weight is 438 g/mol. The van der Waals surface area contributed by atoms with Gasteiger partial charge < -0.3 is 9.64 Å². The topological polar surface area (TPSA) is 89.4 Å². The number of rotatable bonds is 4. The Morgan fingerprint density at radius 2 is 2.10 bits per heavy atom. The number of aryl methyl sites for hydroxylation is 1. The number of nitrogens with zero attached hydrogens (tertiary/aromatic N) is 4. The Kier molecular flexibility index (Phi) is 5.29. The van der Waals surface area contributed by atoms with Crippen LogP contribution in [0.5, 0.6) is 0 Å². The van der Waals surface area contributed by atoms with Crippen LogP contribution in [-0.4, -0.2) is 50.7 Å². The molecule has 1 fully saturated rings. The van der Waals surface area contributed by atoms with Crippen molar-refractivity contribution in [2.45, 2.75) is 31.9 Å². The number of benzene rings is 1. The molecule has 1 N–H and O–H groups in total. The normalized spacial score (nSPS) is 18.1. The highest BCUT2D eigenvalue weighted by atomic mass is 32.1. The summed E-state index contributed by atoms with van der Waals surface area (Å²) >= 11 is 1.43. The Balaban J connectivity index is 1.29. The molecule has 0 radical (unpaired) electrons. The standard InChI is InChI=1S/C22H23N5O3S/c1-26-17(12-16(25-26)14-6-3-2-4-7-14)21(29)27-10-9-15-19(13-27)31-22(23-15)24-20(28)18-8-5-11-30-18/h2-4,6-7,12,18H,5,8-11,13H2,1H3,(H,23,24,28)/t18-/m1/s1. The molecule has 0 unspecified atom stereocenters. The van der Waals surface area contributed by atoms with Crippen molar-refractivity contribution in [1.29, 1.82) is 0 Å². The molecule has 0 bridgehead atoms. The molecular weight excluding hydrogens is 414 g/mol. The molecule has 2 aliphatic heterocycles. The van der Waals surface area contributed by atoms with Crippen molar-refractivity contribution in [3.05, 3.63) is 52.7 Å². The fourth-order valence-electron chi connectivity index (χ4n) is 3.97. The van der Waals surface area contributed by atoms with Crippen LogP contribution in [0.4, 0.5) is 5.13 Å². The van der Waals surface area contributed by atoms with Crippen molar-refractivity contribution >= 4 is 28.3 Å². The lowest BCUT2D eigenvalue weighted by Crippen LogP contribution is -2.36. The number of thiazole rings is 1. The third-order valence-electron chi connectivity index (χ3n) is 5.64. The number of carbonyl (C=O) groups excluding carboxylic acids is 2. The highest BCUT2D eigenvalue weighted by Gasteiger charge is 2.29. The van der Waals surface area contributed by atoms with Crippen LogP contribution < -0.4 is 5.32 Å². The van der Waals surface area contributed by atoms with Crippen LogP contribution >= 0.6 is 11.3 Å². The van der Waals surface area contributed by atoms with Gasteiger partial charge in [0.2, 0.25) is 0 Å². The van der Waals surface area contributed by atoms with Crippen molar-refractivity contribution in [3.8, 4) is 11.3 Å². The summed E-state index contributed by atoms with van der Waals surface area (Å²) in [6, 6.07) is 11.7. The summed E-state index contributed by atoms with van der Waals surface area (Å²) in [7, 11) is 1.79. The molecule has 8 nitrogen and oxygen atoms in total. The van der Waals surface area contributed by atoms with Crippen LogP contribution in [0, 0.1) is 0 Å². The van der Waals surface area contributed by atoms with Crippen LogP contribution in [0.15, 0.2) is 36.4 Å². The lowest BCUT2D eigenvalue weighted by molar-refractivity contribution is -0.124. The fourth-order valence-corrected chi connectivity index (χ4v) is 5.00. The molecular formula is C22H23N5O3S. The fraction of sp³-hybridized carbons (Fsp3) is 0.364. The Labute approximate surface area is 183 Å². The van der Waals surface area contributed by atoms with Crippen molar-refractivity contribution in [2.24, 2.45) is 7.05 Å². The van der Waals surface area contributed by atoms with Crippen molar-refractivity contribution in [1.82, 2.24) is 19.7 Å². The average Bonchev–Trinajstić information content (AvgIpc) is 3.53. The zero-order chi connectivity index (χ0) is 21.4. The first-order valence-electron chi connectivity index (χ1n) is 10.4. The number of hydrogen-bond acceptors (Lipinski definition) is 6. The van der Waals surface area contributed by atoms with Gasteiger partial charge in [0.15, 0.2) is 5.13 Å². The predicted octanol–water partition coefficient (Wildman–Crippen LogP) is 2.86. The second-order valence-corrected chi connectivity index (χ2v) is 8.84. The van der Waals surface area contributed by atoms with E-state index < -0.39 is 0 Å². The molecule has 4 heterocycles. The van der Waals surface area contributed by atoms with E-state index >= 15 is 0 Å². The van der Waals surface area contributed by atoms with E-state index in [1.54, 1.807) is 11.7 Å². The molecule has 2 aliphatic rings. The smallest absolute Gasteiger partial charge is 0.272 e.